The topological polar surface area (TPSA) is 92.7 Å². The highest BCUT2D eigenvalue weighted by atomic mass is 16.5. The van der Waals surface area contributed by atoms with Gasteiger partial charge in [-0.15, -0.1) is 0 Å². The lowest BCUT2D eigenvalue weighted by molar-refractivity contribution is 0.0201. The van der Waals surface area contributed by atoms with Crippen LogP contribution in [-0.2, 0) is 9.47 Å². The van der Waals surface area contributed by atoms with Crippen LogP contribution >= 0.6 is 0 Å². The van der Waals surface area contributed by atoms with Crippen molar-refractivity contribution in [2.45, 2.75) is 50.3 Å². The third-order valence-corrected chi connectivity index (χ3v) is 7.84. The molecule has 2 saturated carbocycles. The Morgan fingerprint density at radius 1 is 1.08 bits per heavy atom. The summed E-state index contributed by atoms with van der Waals surface area (Å²) >= 11 is 0. The number of hydrogen-bond acceptors (Lipinski definition) is 8. The Morgan fingerprint density at radius 3 is 2.78 bits per heavy atom. The van der Waals surface area contributed by atoms with E-state index >= 15 is 0 Å². The molecule has 1 atom stereocenters. The maximum atomic E-state index is 12.6. The van der Waals surface area contributed by atoms with Crippen LogP contribution in [0.1, 0.15) is 43.0 Å². The van der Waals surface area contributed by atoms with Gasteiger partial charge in [0.2, 0.25) is 5.95 Å². The van der Waals surface area contributed by atoms with Crippen LogP contribution in [0.25, 0.3) is 22.3 Å². The van der Waals surface area contributed by atoms with Gasteiger partial charge in [0, 0.05) is 36.8 Å². The molecular weight excluding hydrogens is 468 g/mol. The second-order valence-corrected chi connectivity index (χ2v) is 10.8. The molecule has 9 heteroatoms. The van der Waals surface area contributed by atoms with Crippen LogP contribution in [0.2, 0.25) is 0 Å². The zero-order valence-corrected chi connectivity index (χ0v) is 21.2. The van der Waals surface area contributed by atoms with Gasteiger partial charge in [-0.2, -0.15) is 9.97 Å². The summed E-state index contributed by atoms with van der Waals surface area (Å²) in [5.74, 6) is 1.58. The summed E-state index contributed by atoms with van der Waals surface area (Å²) in [5.41, 5.74) is 2.98. The van der Waals surface area contributed by atoms with Gasteiger partial charge in [-0.3, -0.25) is 4.79 Å². The molecule has 0 radical (unpaired) electrons. The minimum absolute atomic E-state index is 0.0280. The summed E-state index contributed by atoms with van der Waals surface area (Å²) in [4.78, 5) is 32.3. The minimum atomic E-state index is -0.0281. The van der Waals surface area contributed by atoms with Crippen molar-refractivity contribution in [3.63, 3.8) is 0 Å². The van der Waals surface area contributed by atoms with Gasteiger partial charge >= 0.3 is 0 Å². The Bertz CT molecular complexity index is 1350. The van der Waals surface area contributed by atoms with Crippen molar-refractivity contribution in [1.82, 2.24) is 20.3 Å². The van der Waals surface area contributed by atoms with Gasteiger partial charge < -0.3 is 24.6 Å². The molecule has 4 fully saturated rings. The number of nitrogens with zero attached hydrogens (tertiary/aromatic N) is 5. The van der Waals surface area contributed by atoms with Crippen molar-refractivity contribution in [3.05, 3.63) is 42.0 Å². The summed E-state index contributed by atoms with van der Waals surface area (Å²) < 4.78 is 11.7. The number of anilines is 2. The van der Waals surface area contributed by atoms with E-state index in [1.807, 2.05) is 30.3 Å². The van der Waals surface area contributed by atoms with Gasteiger partial charge in [0.1, 0.15) is 5.82 Å². The summed E-state index contributed by atoms with van der Waals surface area (Å²) in [6.07, 6.45) is 4.32. The molecule has 2 saturated heterocycles. The molecular formula is C28H32N6O3. The number of ether oxygens (including phenoxy) is 2. The van der Waals surface area contributed by atoms with E-state index in [2.05, 4.69) is 28.1 Å². The van der Waals surface area contributed by atoms with Gasteiger partial charge in [0.25, 0.3) is 5.91 Å². The van der Waals surface area contributed by atoms with E-state index in [1.54, 1.807) is 0 Å². The summed E-state index contributed by atoms with van der Waals surface area (Å²) in [7, 11) is 0. The number of benzene rings is 1. The molecule has 4 aliphatic rings. The third-order valence-electron chi connectivity index (χ3n) is 7.84. The van der Waals surface area contributed by atoms with Crippen LogP contribution in [0, 0.1) is 0 Å². The average Bonchev–Trinajstić information content (AvgIpc) is 3.87. The Morgan fingerprint density at radius 2 is 1.97 bits per heavy atom. The lowest BCUT2D eigenvalue weighted by atomic mass is 10.1. The fourth-order valence-corrected chi connectivity index (χ4v) is 5.32. The molecule has 1 amide bonds. The normalized spacial score (nSPS) is 22.9. The van der Waals surface area contributed by atoms with Gasteiger partial charge in [-0.05, 0) is 56.9 Å². The highest BCUT2D eigenvalue weighted by Crippen LogP contribution is 2.43. The SMILES string of the molecule is C[C@H]1COCCN1c1nc(N2CCOC3(CC3)C2)nc2nc(-c3cccc(C(=O)NC4CC4)c3)ccc12. The zero-order chi connectivity index (χ0) is 25.0. The first-order valence-corrected chi connectivity index (χ1v) is 13.4. The van der Waals surface area contributed by atoms with Gasteiger partial charge in [-0.25, -0.2) is 4.98 Å². The lowest BCUT2D eigenvalue weighted by Crippen LogP contribution is -2.46. The molecule has 3 aromatic rings. The van der Waals surface area contributed by atoms with Crippen LogP contribution < -0.4 is 15.1 Å². The molecule has 2 aliphatic heterocycles. The molecule has 37 heavy (non-hydrogen) atoms. The van der Waals surface area contributed by atoms with Crippen molar-refractivity contribution in [2.24, 2.45) is 0 Å². The Hall–Kier alpha value is -3.30. The van der Waals surface area contributed by atoms with Crippen molar-refractivity contribution >= 4 is 28.7 Å². The quantitative estimate of drug-likeness (QED) is 0.571. The molecule has 7 rings (SSSR count). The average molecular weight is 501 g/mol. The van der Waals surface area contributed by atoms with E-state index in [0.29, 0.717) is 43.0 Å². The molecule has 4 heterocycles. The summed E-state index contributed by atoms with van der Waals surface area (Å²) in [5, 5.41) is 4.00. The first-order valence-electron chi connectivity index (χ1n) is 13.4. The van der Waals surface area contributed by atoms with Crippen LogP contribution in [0.3, 0.4) is 0 Å². The Balaban J connectivity index is 1.29. The van der Waals surface area contributed by atoms with Crippen LogP contribution in [0.4, 0.5) is 11.8 Å². The van der Waals surface area contributed by atoms with E-state index in [0.717, 1.165) is 67.8 Å². The largest absolute Gasteiger partial charge is 0.377 e. The molecule has 9 nitrogen and oxygen atoms in total. The number of aromatic nitrogens is 3. The highest BCUT2D eigenvalue weighted by molar-refractivity contribution is 5.96. The fraction of sp³-hybridized carbons (Fsp3) is 0.500. The van der Waals surface area contributed by atoms with E-state index in [9.17, 15) is 4.79 Å². The molecule has 2 aromatic heterocycles. The molecule has 2 aliphatic carbocycles. The molecule has 0 bridgehead atoms. The molecule has 1 aromatic carbocycles. The number of fused-ring (bicyclic) bond motifs is 1. The number of morpholine rings is 2. The minimum Gasteiger partial charge on any atom is -0.377 e. The number of nitrogens with one attached hydrogen (secondary N) is 1. The first kappa shape index (κ1) is 22.9. The monoisotopic (exact) mass is 500 g/mol. The summed E-state index contributed by atoms with van der Waals surface area (Å²) in [6.45, 7) is 6.56. The molecule has 0 unspecified atom stereocenters. The number of rotatable bonds is 5. The van der Waals surface area contributed by atoms with Gasteiger partial charge in [-0.1, -0.05) is 12.1 Å². The maximum Gasteiger partial charge on any atom is 0.251 e. The van der Waals surface area contributed by atoms with E-state index < -0.39 is 0 Å². The standard InChI is InChI=1S/C28H32N6O3/c1-18-16-36-13-12-34(18)25-22-7-8-23(19-3-2-4-20(15-19)26(35)29-21-5-6-21)30-24(22)31-27(32-25)33-11-14-37-28(17-33)9-10-28/h2-4,7-8,15,18,21H,5-6,9-14,16-17H2,1H3,(H,29,35)/t18-/m0/s1. The van der Waals surface area contributed by atoms with Crippen molar-refractivity contribution < 1.29 is 14.3 Å². The maximum absolute atomic E-state index is 12.6. The Kier molecular flexibility index (Phi) is 5.51. The van der Waals surface area contributed by atoms with Gasteiger partial charge in [0.15, 0.2) is 5.65 Å². The number of pyridine rings is 1. The van der Waals surface area contributed by atoms with Crippen molar-refractivity contribution in [1.29, 1.82) is 0 Å². The molecule has 1 N–H and O–H groups in total. The molecule has 1 spiro atoms. The van der Waals surface area contributed by atoms with Crippen LogP contribution in [0.15, 0.2) is 36.4 Å². The fourth-order valence-electron chi connectivity index (χ4n) is 5.32. The number of carbonyl (C=O) groups excluding carboxylic acids is 1. The first-order chi connectivity index (χ1) is 18.1. The predicted octanol–water partition coefficient (Wildman–Crippen LogP) is 3.18. The second-order valence-electron chi connectivity index (χ2n) is 10.8. The van der Waals surface area contributed by atoms with Gasteiger partial charge in [0.05, 0.1) is 42.5 Å². The van der Waals surface area contributed by atoms with E-state index in [4.69, 9.17) is 24.4 Å². The van der Waals surface area contributed by atoms with E-state index in [-0.39, 0.29) is 17.6 Å². The van der Waals surface area contributed by atoms with Crippen molar-refractivity contribution in [3.8, 4) is 11.3 Å². The number of carbonyl (C=O) groups is 1. The summed E-state index contributed by atoms with van der Waals surface area (Å²) in [6, 6.07) is 12.3. The number of hydrogen-bond donors (Lipinski definition) is 1. The number of amides is 1. The molecule has 192 valence electrons. The van der Waals surface area contributed by atoms with Crippen LogP contribution in [0.5, 0.6) is 0 Å². The van der Waals surface area contributed by atoms with Crippen LogP contribution in [-0.4, -0.2) is 78.0 Å². The smallest absolute Gasteiger partial charge is 0.251 e. The van der Waals surface area contributed by atoms with E-state index in [1.165, 1.54) is 0 Å². The lowest BCUT2D eigenvalue weighted by Gasteiger charge is -2.36. The zero-order valence-electron chi connectivity index (χ0n) is 21.2. The predicted molar refractivity (Wildman–Crippen MR) is 141 cm³/mol. The second kappa shape index (κ2) is 8.92. The van der Waals surface area contributed by atoms with Crippen molar-refractivity contribution in [2.75, 3.05) is 49.3 Å². The highest BCUT2D eigenvalue weighted by Gasteiger charge is 2.48. The Labute approximate surface area is 216 Å². The third kappa shape index (κ3) is 4.51.